The first-order chi connectivity index (χ1) is 6.62. The summed E-state index contributed by atoms with van der Waals surface area (Å²) in [5.41, 5.74) is 0. The highest BCUT2D eigenvalue weighted by Gasteiger charge is 2.22. The predicted octanol–water partition coefficient (Wildman–Crippen LogP) is -0.0227. The second-order valence-corrected chi connectivity index (χ2v) is 5.35. The third kappa shape index (κ3) is 9.57. The van der Waals surface area contributed by atoms with Gasteiger partial charge in [0, 0.05) is 13.0 Å². The molecule has 90 valence electrons. The van der Waals surface area contributed by atoms with Crippen LogP contribution in [-0.2, 0) is 10.1 Å². The number of hydrogen-bond donors (Lipinski definition) is 2. The molecule has 0 saturated heterocycles. The van der Waals surface area contributed by atoms with E-state index in [1.165, 1.54) is 0 Å². The average Bonchev–Trinajstić information content (AvgIpc) is 1.93. The van der Waals surface area contributed by atoms with Gasteiger partial charge < -0.3 is 9.80 Å². The van der Waals surface area contributed by atoms with Gasteiger partial charge in [-0.15, -0.1) is 4.39 Å². The molecule has 0 radical (unpaired) electrons. The lowest BCUT2D eigenvalue weighted by atomic mass is 10.4. The molecular formula is C7H16FN2O4S+. The number of nitrogens with one attached hydrogen (secondary N) is 1. The highest BCUT2D eigenvalue weighted by Crippen LogP contribution is 2.02. The number of quaternary nitrogens is 1. The molecule has 0 atom stereocenters. The lowest BCUT2D eigenvalue weighted by Crippen LogP contribution is -2.45. The van der Waals surface area contributed by atoms with Gasteiger partial charge in [0.05, 0.1) is 20.6 Å². The molecule has 0 aromatic rings. The molecule has 0 aromatic heterocycles. The summed E-state index contributed by atoms with van der Waals surface area (Å²) in [7, 11) is -0.792. The van der Waals surface area contributed by atoms with Gasteiger partial charge in [0.2, 0.25) is 5.88 Å². The summed E-state index contributed by atoms with van der Waals surface area (Å²) in [6.45, 7) is 0.544. The summed E-state index contributed by atoms with van der Waals surface area (Å²) >= 11 is 0. The van der Waals surface area contributed by atoms with Crippen LogP contribution in [0.25, 0.3) is 0 Å². The van der Waals surface area contributed by atoms with Gasteiger partial charge >= 0.3 is 16.3 Å². The molecule has 0 saturated carbocycles. The second-order valence-electron chi connectivity index (χ2n) is 3.92. The molecule has 0 bridgehead atoms. The second kappa shape index (κ2) is 5.38. The van der Waals surface area contributed by atoms with Gasteiger partial charge in [-0.2, -0.15) is 8.42 Å². The highest BCUT2D eigenvalue weighted by atomic mass is 32.2. The SMILES string of the molecule is C[N+](C)(CCCNC(=O)F)CS(=O)(=O)O. The molecular weight excluding hydrogens is 227 g/mol. The van der Waals surface area contributed by atoms with Crippen LogP contribution in [0.2, 0.25) is 0 Å². The largest absolute Gasteiger partial charge is 0.397 e. The lowest BCUT2D eigenvalue weighted by molar-refractivity contribution is -0.878. The van der Waals surface area contributed by atoms with Gasteiger partial charge in [-0.05, 0) is 0 Å². The van der Waals surface area contributed by atoms with Crippen LogP contribution in [0.15, 0.2) is 0 Å². The van der Waals surface area contributed by atoms with E-state index in [9.17, 15) is 17.6 Å². The van der Waals surface area contributed by atoms with Gasteiger partial charge in [-0.25, -0.2) is 4.79 Å². The van der Waals surface area contributed by atoms with Crippen molar-refractivity contribution >= 4 is 16.3 Å². The van der Waals surface area contributed by atoms with E-state index in [1.807, 2.05) is 5.32 Å². The van der Waals surface area contributed by atoms with Gasteiger partial charge in [0.1, 0.15) is 0 Å². The Morgan fingerprint density at radius 3 is 2.40 bits per heavy atom. The Bertz CT molecular complexity index is 315. The van der Waals surface area contributed by atoms with Crippen LogP contribution in [0.5, 0.6) is 0 Å². The molecule has 0 aliphatic carbocycles. The monoisotopic (exact) mass is 243 g/mol. The maximum Gasteiger partial charge on any atom is 0.397 e. The van der Waals surface area contributed by atoms with Gasteiger partial charge in [0.15, 0.2) is 0 Å². The van der Waals surface area contributed by atoms with Crippen LogP contribution >= 0.6 is 0 Å². The minimum atomic E-state index is -4.02. The zero-order valence-corrected chi connectivity index (χ0v) is 9.55. The summed E-state index contributed by atoms with van der Waals surface area (Å²) in [6, 6.07) is 0. The van der Waals surface area contributed by atoms with Crippen molar-refractivity contribution in [1.82, 2.24) is 5.32 Å². The van der Waals surface area contributed by atoms with Crippen LogP contribution in [0.3, 0.4) is 0 Å². The van der Waals surface area contributed by atoms with Gasteiger partial charge in [0.25, 0.3) is 0 Å². The number of hydrogen-bond acceptors (Lipinski definition) is 3. The molecule has 0 aliphatic rings. The Labute approximate surface area is 88.4 Å². The molecule has 0 aliphatic heterocycles. The van der Waals surface area contributed by atoms with Crippen molar-refractivity contribution in [2.75, 3.05) is 33.1 Å². The van der Waals surface area contributed by atoms with Crippen LogP contribution in [0.4, 0.5) is 9.18 Å². The first-order valence-electron chi connectivity index (χ1n) is 4.33. The molecule has 0 rings (SSSR count). The normalized spacial score (nSPS) is 12.5. The number of nitrogens with zero attached hydrogens (tertiary/aromatic N) is 1. The van der Waals surface area contributed by atoms with E-state index in [4.69, 9.17) is 4.55 Å². The van der Waals surface area contributed by atoms with Crippen LogP contribution in [0.1, 0.15) is 6.42 Å². The Balaban J connectivity index is 3.89. The average molecular weight is 243 g/mol. The Kier molecular flexibility index (Phi) is 5.12. The van der Waals surface area contributed by atoms with E-state index in [1.54, 1.807) is 14.1 Å². The Morgan fingerprint density at radius 2 is 2.00 bits per heavy atom. The van der Waals surface area contributed by atoms with Crippen molar-refractivity contribution in [3.8, 4) is 0 Å². The van der Waals surface area contributed by atoms with Crippen LogP contribution < -0.4 is 5.32 Å². The molecule has 0 unspecified atom stereocenters. The molecule has 0 spiro atoms. The Hall–Kier alpha value is -0.730. The minimum absolute atomic E-state index is 0.0565. The first kappa shape index (κ1) is 14.3. The van der Waals surface area contributed by atoms with Crippen molar-refractivity contribution in [3.05, 3.63) is 0 Å². The van der Waals surface area contributed by atoms with Crippen molar-refractivity contribution < 1.29 is 26.6 Å². The van der Waals surface area contributed by atoms with E-state index in [-0.39, 0.29) is 11.0 Å². The first-order valence-corrected chi connectivity index (χ1v) is 5.94. The zero-order valence-electron chi connectivity index (χ0n) is 8.73. The summed E-state index contributed by atoms with van der Waals surface area (Å²) in [5, 5.41) is 1.95. The zero-order chi connectivity index (χ0) is 12.1. The van der Waals surface area contributed by atoms with E-state index in [0.29, 0.717) is 13.0 Å². The maximum absolute atomic E-state index is 11.7. The third-order valence-corrected chi connectivity index (χ3v) is 2.74. The molecule has 0 fully saturated rings. The summed E-state index contributed by atoms with van der Waals surface area (Å²) in [5.74, 6) is -0.406. The highest BCUT2D eigenvalue weighted by molar-refractivity contribution is 7.85. The molecule has 0 heterocycles. The van der Waals surface area contributed by atoms with Crippen molar-refractivity contribution in [2.45, 2.75) is 6.42 Å². The third-order valence-electron chi connectivity index (χ3n) is 1.72. The summed E-state index contributed by atoms with van der Waals surface area (Å²) in [6.07, 6.45) is -1.17. The number of carbonyl (C=O) groups excluding carboxylic acids is 1. The van der Waals surface area contributed by atoms with E-state index >= 15 is 0 Å². The molecule has 0 aromatic carbocycles. The molecule has 2 N–H and O–H groups in total. The summed E-state index contributed by atoms with van der Waals surface area (Å²) in [4.78, 5) is 9.88. The predicted molar refractivity (Wildman–Crippen MR) is 52.5 cm³/mol. The van der Waals surface area contributed by atoms with Crippen molar-refractivity contribution in [2.24, 2.45) is 0 Å². The van der Waals surface area contributed by atoms with Crippen LogP contribution in [0, 0.1) is 0 Å². The quantitative estimate of drug-likeness (QED) is 0.226. The van der Waals surface area contributed by atoms with Gasteiger partial charge in [-0.3, -0.25) is 4.55 Å². The Morgan fingerprint density at radius 1 is 1.47 bits per heavy atom. The summed E-state index contributed by atoms with van der Waals surface area (Å²) < 4.78 is 41.6. The molecule has 6 nitrogen and oxygen atoms in total. The fourth-order valence-corrected chi connectivity index (χ4v) is 2.21. The van der Waals surface area contributed by atoms with Crippen molar-refractivity contribution in [1.29, 1.82) is 0 Å². The molecule has 8 heteroatoms. The number of amides is 1. The van der Waals surface area contributed by atoms with E-state index in [2.05, 4.69) is 0 Å². The van der Waals surface area contributed by atoms with E-state index < -0.39 is 22.2 Å². The molecule has 15 heavy (non-hydrogen) atoms. The van der Waals surface area contributed by atoms with Gasteiger partial charge in [-0.1, -0.05) is 0 Å². The molecule has 1 amide bonds. The smallest absolute Gasteiger partial charge is 0.328 e. The maximum atomic E-state index is 11.7. The fourth-order valence-electron chi connectivity index (χ4n) is 1.20. The topological polar surface area (TPSA) is 83.5 Å². The lowest BCUT2D eigenvalue weighted by Gasteiger charge is -2.27. The van der Waals surface area contributed by atoms with Crippen molar-refractivity contribution in [3.63, 3.8) is 0 Å². The standard InChI is InChI=1S/C7H15FN2O4S/c1-10(2,6-15(12,13)14)5-3-4-9-7(8)11/h3-6H2,1-2H3,(H-,9,11,12,13,14)/p+1. The number of halogens is 1. The number of rotatable bonds is 6. The minimum Gasteiger partial charge on any atom is -0.328 e. The fraction of sp³-hybridized carbons (Fsp3) is 0.857. The van der Waals surface area contributed by atoms with E-state index in [0.717, 1.165) is 0 Å². The number of carbonyl (C=O) groups is 1. The van der Waals surface area contributed by atoms with Crippen LogP contribution in [-0.4, -0.2) is 56.7 Å².